The predicted octanol–water partition coefficient (Wildman–Crippen LogP) is 7.32. The van der Waals surface area contributed by atoms with Crippen LogP contribution in [0.1, 0.15) is 47.1 Å². The number of alkyl halides is 3. The fourth-order valence-corrected chi connectivity index (χ4v) is 9.42. The summed E-state index contributed by atoms with van der Waals surface area (Å²) >= 11 is 17.4. The summed E-state index contributed by atoms with van der Waals surface area (Å²) in [4.78, 5) is 27.2. The Hall–Kier alpha value is -2.71. The number of esters is 1. The summed E-state index contributed by atoms with van der Waals surface area (Å²) in [5.41, 5.74) is 0.0261. The molecule has 1 amide bonds. The topological polar surface area (TPSA) is 65.1 Å². The summed E-state index contributed by atoms with van der Waals surface area (Å²) in [5, 5.41) is 2.11. The smallest absolute Gasteiger partial charge is 0.410 e. The van der Waals surface area contributed by atoms with Crippen LogP contribution in [0.5, 0.6) is 5.75 Å². The molecule has 0 aromatic heterocycles. The normalized spacial score (nSPS) is 13.2. The molecular weight excluding hydrogens is 625 g/mol. The lowest BCUT2D eigenvalue weighted by atomic mass is 10.0. The molecule has 10 heteroatoms. The van der Waals surface area contributed by atoms with Crippen LogP contribution in [0.15, 0.2) is 84.9 Å². The number of carbonyl (C=O) groups is 2. The quantitative estimate of drug-likeness (QED) is 0.136. The van der Waals surface area contributed by atoms with Crippen molar-refractivity contribution in [3.05, 3.63) is 90.5 Å². The van der Waals surface area contributed by atoms with Gasteiger partial charge < -0.3 is 13.9 Å². The Labute approximate surface area is 271 Å². The fraction of sp³-hybridized carbons (Fsp3) is 0.394. The molecule has 0 N–H and O–H groups in total. The average molecular weight is 665 g/mol. The number of hydrogen-bond acceptors (Lipinski definition) is 5. The van der Waals surface area contributed by atoms with E-state index < -0.39 is 42.4 Å². The lowest BCUT2D eigenvalue weighted by Crippen LogP contribution is -2.68. The molecule has 0 fully saturated rings. The molecule has 43 heavy (non-hydrogen) atoms. The van der Waals surface area contributed by atoms with E-state index in [0.717, 1.165) is 15.9 Å². The van der Waals surface area contributed by atoms with Crippen molar-refractivity contribution in [2.24, 2.45) is 0 Å². The maximum Gasteiger partial charge on any atom is 0.410 e. The van der Waals surface area contributed by atoms with Crippen LogP contribution in [0.2, 0.25) is 5.04 Å². The maximum absolute atomic E-state index is 13.1. The summed E-state index contributed by atoms with van der Waals surface area (Å²) in [5.74, 6) is -0.0128. The van der Waals surface area contributed by atoms with Crippen molar-refractivity contribution in [3.8, 4) is 5.75 Å². The van der Waals surface area contributed by atoms with Crippen LogP contribution in [-0.4, -0.2) is 54.4 Å². The SMILES string of the molecule is CN(C(=O)OC(C)(C)C)[C@@H](Cc1ccc(O[Si](c2ccccc2)(c2ccccc2)C(C)(C)C)cc1)C(=O)OCC(Cl)(Cl)Cl. The molecule has 3 aromatic rings. The highest BCUT2D eigenvalue weighted by atomic mass is 35.6. The van der Waals surface area contributed by atoms with Crippen molar-refractivity contribution in [2.45, 2.75) is 68.4 Å². The highest BCUT2D eigenvalue weighted by molar-refractivity contribution is 7.00. The molecule has 6 nitrogen and oxygen atoms in total. The molecular formula is C33H40Cl3NO5Si. The zero-order chi connectivity index (χ0) is 32.1. The number of benzene rings is 3. The summed E-state index contributed by atoms with van der Waals surface area (Å²) < 4.78 is 16.0. The number of hydrogen-bond donors (Lipinski definition) is 0. The van der Waals surface area contributed by atoms with Crippen molar-refractivity contribution in [2.75, 3.05) is 13.7 Å². The van der Waals surface area contributed by atoms with Gasteiger partial charge in [0.05, 0.1) is 0 Å². The van der Waals surface area contributed by atoms with Crippen molar-refractivity contribution in [1.29, 1.82) is 0 Å². The Morgan fingerprint density at radius 1 is 0.791 bits per heavy atom. The van der Waals surface area contributed by atoms with Crippen LogP contribution in [-0.2, 0) is 20.7 Å². The number of carbonyl (C=O) groups excluding carboxylic acids is 2. The van der Waals surface area contributed by atoms with E-state index in [9.17, 15) is 9.59 Å². The molecule has 0 aliphatic rings. The van der Waals surface area contributed by atoms with Gasteiger partial charge in [-0.25, -0.2) is 9.59 Å². The van der Waals surface area contributed by atoms with Crippen molar-refractivity contribution in [3.63, 3.8) is 0 Å². The van der Waals surface area contributed by atoms with Gasteiger partial charge in [-0.3, -0.25) is 4.90 Å². The zero-order valence-corrected chi connectivity index (χ0v) is 29.0. The van der Waals surface area contributed by atoms with Crippen LogP contribution in [0, 0.1) is 0 Å². The van der Waals surface area contributed by atoms with Crippen LogP contribution < -0.4 is 14.8 Å². The number of likely N-dealkylation sites (N-methyl/N-ethyl adjacent to an activating group) is 1. The second kappa shape index (κ2) is 13.9. The molecule has 0 saturated heterocycles. The third-order valence-electron chi connectivity index (χ3n) is 6.84. The van der Waals surface area contributed by atoms with Crippen LogP contribution in [0.4, 0.5) is 4.79 Å². The maximum atomic E-state index is 13.1. The molecule has 0 bridgehead atoms. The third kappa shape index (κ3) is 9.39. The average Bonchev–Trinajstić information content (AvgIpc) is 2.92. The van der Waals surface area contributed by atoms with Gasteiger partial charge >= 0.3 is 20.4 Å². The van der Waals surface area contributed by atoms with Gasteiger partial charge in [0.2, 0.25) is 3.79 Å². The molecule has 0 spiro atoms. The Morgan fingerprint density at radius 3 is 1.70 bits per heavy atom. The van der Waals surface area contributed by atoms with E-state index >= 15 is 0 Å². The van der Waals surface area contributed by atoms with Gasteiger partial charge in [0.15, 0.2) is 0 Å². The van der Waals surface area contributed by atoms with Crippen LogP contribution in [0.25, 0.3) is 0 Å². The summed E-state index contributed by atoms with van der Waals surface area (Å²) in [7, 11) is -1.34. The van der Waals surface area contributed by atoms with Gasteiger partial charge in [0, 0.05) is 13.5 Å². The lowest BCUT2D eigenvalue weighted by Gasteiger charge is -2.43. The number of amides is 1. The summed E-state index contributed by atoms with van der Waals surface area (Å²) in [6.45, 7) is 11.4. The van der Waals surface area contributed by atoms with E-state index in [-0.39, 0.29) is 11.5 Å². The first-order valence-corrected chi connectivity index (χ1v) is 17.1. The van der Waals surface area contributed by atoms with Crippen LogP contribution >= 0.6 is 34.8 Å². The standard InChI is InChI=1S/C33H40Cl3NO5Si/c1-31(2,3)41-30(39)37(7)28(29(38)40-23-33(34,35)36)22-24-18-20-25(21-19-24)42-43(32(4,5)6,26-14-10-8-11-15-26)27-16-12-9-13-17-27/h8-21,28H,22-23H2,1-7H3/t28-/m0/s1. The Balaban J connectivity index is 1.95. The molecule has 0 heterocycles. The monoisotopic (exact) mass is 663 g/mol. The highest BCUT2D eigenvalue weighted by Crippen LogP contribution is 2.37. The van der Waals surface area contributed by atoms with E-state index in [2.05, 4.69) is 45.0 Å². The third-order valence-corrected chi connectivity index (χ3v) is 12.1. The minimum absolute atomic E-state index is 0.147. The first kappa shape index (κ1) is 34.8. The van der Waals surface area contributed by atoms with E-state index in [0.29, 0.717) is 5.75 Å². The second-order valence-corrected chi connectivity index (χ2v) is 19.2. The summed E-state index contributed by atoms with van der Waals surface area (Å²) in [6, 6.07) is 27.3. The minimum Gasteiger partial charge on any atom is -0.534 e. The van der Waals surface area contributed by atoms with Crippen LogP contribution in [0.3, 0.4) is 0 Å². The number of rotatable bonds is 9. The molecule has 3 aromatic carbocycles. The van der Waals surface area contributed by atoms with Gasteiger partial charge in [0.25, 0.3) is 0 Å². The van der Waals surface area contributed by atoms with Crippen molar-refractivity contribution >= 4 is 65.6 Å². The van der Waals surface area contributed by atoms with E-state index in [1.165, 1.54) is 11.9 Å². The van der Waals surface area contributed by atoms with Gasteiger partial charge in [-0.05, 0) is 53.9 Å². The molecule has 3 rings (SSSR count). The van der Waals surface area contributed by atoms with E-state index in [1.54, 1.807) is 20.8 Å². The largest absolute Gasteiger partial charge is 0.534 e. The van der Waals surface area contributed by atoms with Gasteiger partial charge in [-0.15, -0.1) is 0 Å². The molecule has 1 atom stereocenters. The van der Waals surface area contributed by atoms with Gasteiger partial charge in [-0.1, -0.05) is 128 Å². The zero-order valence-electron chi connectivity index (χ0n) is 25.7. The lowest BCUT2D eigenvalue weighted by molar-refractivity contribution is -0.149. The molecule has 0 unspecified atom stereocenters. The first-order valence-electron chi connectivity index (χ1n) is 14.0. The minimum atomic E-state index is -2.82. The Kier molecular flexibility index (Phi) is 11.3. The molecule has 0 radical (unpaired) electrons. The van der Waals surface area contributed by atoms with Gasteiger partial charge in [-0.2, -0.15) is 0 Å². The Morgan fingerprint density at radius 2 is 1.28 bits per heavy atom. The molecule has 0 aliphatic heterocycles. The number of nitrogens with zero attached hydrogens (tertiary/aromatic N) is 1. The molecule has 232 valence electrons. The highest BCUT2D eigenvalue weighted by Gasteiger charge is 2.52. The second-order valence-electron chi connectivity index (χ2n) is 12.4. The van der Waals surface area contributed by atoms with Gasteiger partial charge in [0.1, 0.15) is 24.0 Å². The molecule has 0 saturated carbocycles. The summed E-state index contributed by atoms with van der Waals surface area (Å²) in [6.07, 6.45) is -0.525. The first-order chi connectivity index (χ1) is 19.9. The predicted molar refractivity (Wildman–Crippen MR) is 177 cm³/mol. The van der Waals surface area contributed by atoms with E-state index in [4.69, 9.17) is 48.7 Å². The molecule has 0 aliphatic carbocycles. The fourth-order valence-electron chi connectivity index (χ4n) is 4.83. The van der Waals surface area contributed by atoms with E-state index in [1.807, 2.05) is 60.7 Å². The Bertz CT molecular complexity index is 1310. The van der Waals surface area contributed by atoms with Crippen molar-refractivity contribution < 1.29 is 23.5 Å². The number of ether oxygens (including phenoxy) is 2. The van der Waals surface area contributed by atoms with Crippen molar-refractivity contribution in [1.82, 2.24) is 4.90 Å². The number of halogens is 3.